The van der Waals surface area contributed by atoms with Crippen LogP contribution in [0.3, 0.4) is 0 Å². The van der Waals surface area contributed by atoms with Crippen LogP contribution < -0.4 is 10.6 Å². The largest absolute Gasteiger partial charge is 0.352 e. The average Bonchev–Trinajstić information content (AvgIpc) is 2.69. The third-order valence-electron chi connectivity index (χ3n) is 5.01. The number of urea groups is 1. The summed E-state index contributed by atoms with van der Waals surface area (Å²) in [6.45, 7) is 4.00. The van der Waals surface area contributed by atoms with Gasteiger partial charge in [-0.3, -0.25) is 4.79 Å². The van der Waals surface area contributed by atoms with Crippen molar-refractivity contribution in [1.82, 2.24) is 10.2 Å². The van der Waals surface area contributed by atoms with E-state index in [4.69, 9.17) is 0 Å². The first kappa shape index (κ1) is 19.0. The van der Waals surface area contributed by atoms with Crippen LogP contribution in [-0.4, -0.2) is 29.9 Å². The molecule has 0 bridgehead atoms. The summed E-state index contributed by atoms with van der Waals surface area (Å²) < 4.78 is 0. The fraction of sp³-hybridized carbons (Fsp3) is 0.364. The SMILES string of the molecule is Cc1ccc(CNC(=O)CC2CCN(C(=O)Nc3ccccc3)CC2)cc1. The Morgan fingerprint density at radius 1 is 1.00 bits per heavy atom. The van der Waals surface area contributed by atoms with E-state index in [2.05, 4.69) is 29.7 Å². The van der Waals surface area contributed by atoms with Crippen molar-refractivity contribution >= 4 is 17.6 Å². The first-order valence-electron chi connectivity index (χ1n) is 9.53. The minimum atomic E-state index is -0.0662. The van der Waals surface area contributed by atoms with Gasteiger partial charge in [0.1, 0.15) is 0 Å². The second kappa shape index (κ2) is 9.21. The van der Waals surface area contributed by atoms with Gasteiger partial charge in [-0.25, -0.2) is 4.79 Å². The van der Waals surface area contributed by atoms with E-state index in [1.54, 1.807) is 0 Å². The van der Waals surface area contributed by atoms with E-state index >= 15 is 0 Å². The smallest absolute Gasteiger partial charge is 0.321 e. The Labute approximate surface area is 160 Å². The molecule has 142 valence electrons. The average molecular weight is 365 g/mol. The number of hydrogen-bond donors (Lipinski definition) is 2. The Hall–Kier alpha value is -2.82. The lowest BCUT2D eigenvalue weighted by Gasteiger charge is -2.31. The van der Waals surface area contributed by atoms with Crippen molar-refractivity contribution in [2.75, 3.05) is 18.4 Å². The van der Waals surface area contributed by atoms with Gasteiger partial charge in [-0.2, -0.15) is 0 Å². The molecular formula is C22H27N3O2. The lowest BCUT2D eigenvalue weighted by atomic mass is 9.93. The zero-order valence-corrected chi connectivity index (χ0v) is 15.8. The molecule has 1 fully saturated rings. The topological polar surface area (TPSA) is 61.4 Å². The maximum Gasteiger partial charge on any atom is 0.321 e. The molecule has 0 saturated carbocycles. The number of likely N-dealkylation sites (tertiary alicyclic amines) is 1. The van der Waals surface area contributed by atoms with Crippen molar-refractivity contribution in [3.8, 4) is 0 Å². The summed E-state index contributed by atoms with van der Waals surface area (Å²) in [5.74, 6) is 0.423. The van der Waals surface area contributed by atoms with Crippen molar-refractivity contribution in [3.05, 3.63) is 65.7 Å². The molecule has 1 heterocycles. The summed E-state index contributed by atoms with van der Waals surface area (Å²) in [4.78, 5) is 26.3. The minimum absolute atomic E-state index is 0.0662. The third kappa shape index (κ3) is 5.84. The Kier molecular flexibility index (Phi) is 6.47. The van der Waals surface area contributed by atoms with Crippen molar-refractivity contribution in [2.45, 2.75) is 32.7 Å². The van der Waals surface area contributed by atoms with Crippen LogP contribution in [0.4, 0.5) is 10.5 Å². The van der Waals surface area contributed by atoms with Crippen LogP contribution in [0.25, 0.3) is 0 Å². The number of nitrogens with zero attached hydrogens (tertiary/aromatic N) is 1. The Bertz CT molecular complexity index is 751. The highest BCUT2D eigenvalue weighted by Gasteiger charge is 2.24. The maximum atomic E-state index is 12.3. The van der Waals surface area contributed by atoms with Crippen LogP contribution in [-0.2, 0) is 11.3 Å². The molecule has 3 rings (SSSR count). The van der Waals surface area contributed by atoms with Crippen molar-refractivity contribution in [1.29, 1.82) is 0 Å². The highest BCUT2D eigenvalue weighted by atomic mass is 16.2. The predicted octanol–water partition coefficient (Wildman–Crippen LogP) is 3.95. The molecule has 5 nitrogen and oxygen atoms in total. The van der Waals surface area contributed by atoms with Gasteiger partial charge in [0.05, 0.1) is 0 Å². The van der Waals surface area contributed by atoms with Gasteiger partial charge in [0, 0.05) is 31.7 Å². The first-order valence-corrected chi connectivity index (χ1v) is 9.53. The summed E-state index contributed by atoms with van der Waals surface area (Å²) in [7, 11) is 0. The van der Waals surface area contributed by atoms with Crippen molar-refractivity contribution < 1.29 is 9.59 Å². The first-order chi connectivity index (χ1) is 13.1. The zero-order valence-electron chi connectivity index (χ0n) is 15.8. The van der Waals surface area contributed by atoms with Gasteiger partial charge in [0.2, 0.25) is 5.91 Å². The molecule has 0 atom stereocenters. The Morgan fingerprint density at radius 3 is 2.33 bits per heavy atom. The number of amides is 3. The van der Waals surface area contributed by atoms with E-state index in [0.29, 0.717) is 32.0 Å². The monoisotopic (exact) mass is 365 g/mol. The molecule has 0 aromatic heterocycles. The fourth-order valence-corrected chi connectivity index (χ4v) is 3.31. The predicted molar refractivity (Wildman–Crippen MR) is 107 cm³/mol. The van der Waals surface area contributed by atoms with Gasteiger partial charge in [0.25, 0.3) is 0 Å². The van der Waals surface area contributed by atoms with Crippen LogP contribution in [0.1, 0.15) is 30.4 Å². The van der Waals surface area contributed by atoms with Crippen molar-refractivity contribution in [2.24, 2.45) is 5.92 Å². The fourth-order valence-electron chi connectivity index (χ4n) is 3.31. The molecule has 2 aromatic rings. The molecule has 1 saturated heterocycles. The maximum absolute atomic E-state index is 12.3. The molecule has 27 heavy (non-hydrogen) atoms. The molecule has 0 radical (unpaired) electrons. The highest BCUT2D eigenvalue weighted by molar-refractivity contribution is 5.89. The second-order valence-electron chi connectivity index (χ2n) is 7.19. The summed E-state index contributed by atoms with van der Waals surface area (Å²) >= 11 is 0. The van der Waals surface area contributed by atoms with E-state index in [1.165, 1.54) is 5.56 Å². The number of anilines is 1. The number of piperidine rings is 1. The zero-order chi connectivity index (χ0) is 19.1. The Balaban J connectivity index is 1.38. The quantitative estimate of drug-likeness (QED) is 0.843. The van der Waals surface area contributed by atoms with E-state index in [-0.39, 0.29) is 11.9 Å². The van der Waals surface area contributed by atoms with Gasteiger partial charge in [-0.1, -0.05) is 48.0 Å². The molecule has 1 aliphatic heterocycles. The van der Waals surface area contributed by atoms with Crippen LogP contribution >= 0.6 is 0 Å². The standard InChI is InChI=1S/C22H27N3O2/c1-17-7-9-19(10-8-17)16-23-21(26)15-18-11-13-25(14-12-18)22(27)24-20-5-3-2-4-6-20/h2-10,18H,11-16H2,1H3,(H,23,26)(H,24,27). The lowest BCUT2D eigenvalue weighted by molar-refractivity contribution is -0.122. The lowest BCUT2D eigenvalue weighted by Crippen LogP contribution is -2.41. The van der Waals surface area contributed by atoms with Gasteiger partial charge in [-0.15, -0.1) is 0 Å². The third-order valence-corrected chi connectivity index (χ3v) is 5.01. The molecule has 5 heteroatoms. The number of hydrogen-bond acceptors (Lipinski definition) is 2. The van der Waals surface area contributed by atoms with Crippen LogP contribution in [0.2, 0.25) is 0 Å². The molecular weight excluding hydrogens is 338 g/mol. The minimum Gasteiger partial charge on any atom is -0.352 e. The normalized spacial score (nSPS) is 14.6. The molecule has 0 aliphatic carbocycles. The number of carbonyl (C=O) groups excluding carboxylic acids is 2. The van der Waals surface area contributed by atoms with Gasteiger partial charge < -0.3 is 15.5 Å². The van der Waals surface area contributed by atoms with Crippen LogP contribution in [0, 0.1) is 12.8 Å². The summed E-state index contributed by atoms with van der Waals surface area (Å²) in [6.07, 6.45) is 2.25. The van der Waals surface area contributed by atoms with Crippen molar-refractivity contribution in [3.63, 3.8) is 0 Å². The molecule has 0 unspecified atom stereocenters. The number of benzene rings is 2. The number of rotatable bonds is 5. The van der Waals surface area contributed by atoms with Gasteiger partial charge >= 0.3 is 6.03 Å². The van der Waals surface area contributed by atoms with Gasteiger partial charge in [0.15, 0.2) is 0 Å². The number of aryl methyl sites for hydroxylation is 1. The van der Waals surface area contributed by atoms with E-state index in [9.17, 15) is 9.59 Å². The number of carbonyl (C=O) groups is 2. The molecule has 3 amide bonds. The Morgan fingerprint density at radius 2 is 1.67 bits per heavy atom. The molecule has 1 aliphatic rings. The summed E-state index contributed by atoms with van der Waals surface area (Å²) in [5, 5.41) is 5.92. The molecule has 2 aromatic carbocycles. The highest BCUT2D eigenvalue weighted by Crippen LogP contribution is 2.21. The second-order valence-corrected chi connectivity index (χ2v) is 7.19. The summed E-state index contributed by atoms with van der Waals surface area (Å²) in [5.41, 5.74) is 3.13. The number of para-hydroxylation sites is 1. The van der Waals surface area contributed by atoms with E-state index in [0.717, 1.165) is 24.1 Å². The molecule has 2 N–H and O–H groups in total. The van der Waals surface area contributed by atoms with Crippen LogP contribution in [0.15, 0.2) is 54.6 Å². The van der Waals surface area contributed by atoms with Gasteiger partial charge in [-0.05, 0) is 43.4 Å². The van der Waals surface area contributed by atoms with E-state index < -0.39 is 0 Å². The molecule has 0 spiro atoms. The number of nitrogens with one attached hydrogen (secondary N) is 2. The van der Waals surface area contributed by atoms with E-state index in [1.807, 2.05) is 47.4 Å². The summed E-state index contributed by atoms with van der Waals surface area (Å²) in [6, 6.07) is 17.6. The van der Waals surface area contributed by atoms with Crippen LogP contribution in [0.5, 0.6) is 0 Å².